The van der Waals surface area contributed by atoms with Gasteiger partial charge in [-0.05, 0) is 26.0 Å². The number of nitrogens with one attached hydrogen (secondary N) is 2. The SMILES string of the molecule is Cc1cc(C(=O)NC[C@@H]2CNCCO2)cc(C)n1. The first-order valence-electron chi connectivity index (χ1n) is 6.21. The Morgan fingerprint density at radius 1 is 1.50 bits per heavy atom. The van der Waals surface area contributed by atoms with Gasteiger partial charge in [-0.3, -0.25) is 9.78 Å². The Bertz CT molecular complexity index is 408. The molecule has 0 unspecified atom stereocenters. The van der Waals surface area contributed by atoms with Crippen LogP contribution in [0, 0.1) is 13.8 Å². The molecule has 1 saturated heterocycles. The van der Waals surface area contributed by atoms with Crippen LogP contribution >= 0.6 is 0 Å². The van der Waals surface area contributed by atoms with Gasteiger partial charge >= 0.3 is 0 Å². The van der Waals surface area contributed by atoms with E-state index in [2.05, 4.69) is 15.6 Å². The molecule has 5 nitrogen and oxygen atoms in total. The lowest BCUT2D eigenvalue weighted by Crippen LogP contribution is -2.45. The topological polar surface area (TPSA) is 63.2 Å². The first-order chi connectivity index (χ1) is 8.65. The fraction of sp³-hybridized carbons (Fsp3) is 0.538. The van der Waals surface area contributed by atoms with E-state index in [1.54, 1.807) is 12.1 Å². The van der Waals surface area contributed by atoms with Crippen molar-refractivity contribution in [2.75, 3.05) is 26.2 Å². The molecular formula is C13H19N3O2. The summed E-state index contributed by atoms with van der Waals surface area (Å²) in [6.45, 7) is 6.68. The maximum Gasteiger partial charge on any atom is 0.251 e. The molecule has 1 aromatic rings. The van der Waals surface area contributed by atoms with Gasteiger partial charge in [-0.2, -0.15) is 0 Å². The van der Waals surface area contributed by atoms with Crippen LogP contribution in [-0.2, 0) is 4.74 Å². The zero-order chi connectivity index (χ0) is 13.0. The number of amides is 1. The van der Waals surface area contributed by atoms with E-state index in [-0.39, 0.29) is 12.0 Å². The molecule has 1 atom stereocenters. The number of pyridine rings is 1. The van der Waals surface area contributed by atoms with Gasteiger partial charge in [0, 0.05) is 36.6 Å². The molecule has 5 heteroatoms. The molecule has 2 heterocycles. The van der Waals surface area contributed by atoms with Crippen LogP contribution in [0.15, 0.2) is 12.1 Å². The van der Waals surface area contributed by atoms with Crippen molar-refractivity contribution in [2.24, 2.45) is 0 Å². The minimum Gasteiger partial charge on any atom is -0.374 e. The second kappa shape index (κ2) is 5.93. The summed E-state index contributed by atoms with van der Waals surface area (Å²) in [5.74, 6) is -0.0715. The Morgan fingerprint density at radius 3 is 2.83 bits per heavy atom. The summed E-state index contributed by atoms with van der Waals surface area (Å²) in [4.78, 5) is 16.2. The molecular weight excluding hydrogens is 230 g/mol. The van der Waals surface area contributed by atoms with Crippen LogP contribution in [0.2, 0.25) is 0 Å². The van der Waals surface area contributed by atoms with E-state index in [0.29, 0.717) is 18.7 Å². The molecule has 1 amide bonds. The van der Waals surface area contributed by atoms with Gasteiger partial charge in [0.1, 0.15) is 0 Å². The van der Waals surface area contributed by atoms with E-state index >= 15 is 0 Å². The smallest absolute Gasteiger partial charge is 0.251 e. The van der Waals surface area contributed by atoms with E-state index in [0.717, 1.165) is 24.5 Å². The molecule has 2 rings (SSSR count). The maximum atomic E-state index is 12.0. The number of rotatable bonds is 3. The monoisotopic (exact) mass is 249 g/mol. The zero-order valence-electron chi connectivity index (χ0n) is 10.8. The van der Waals surface area contributed by atoms with E-state index in [1.807, 2.05) is 13.8 Å². The summed E-state index contributed by atoms with van der Waals surface area (Å²) < 4.78 is 5.52. The quantitative estimate of drug-likeness (QED) is 0.815. The second-order valence-corrected chi connectivity index (χ2v) is 4.55. The molecule has 98 valence electrons. The summed E-state index contributed by atoms with van der Waals surface area (Å²) in [6.07, 6.45) is 0.0618. The standard InChI is InChI=1S/C13H19N3O2/c1-9-5-11(6-10(2)16-9)13(17)15-8-12-7-14-3-4-18-12/h5-6,12,14H,3-4,7-8H2,1-2H3,(H,15,17)/t12-/m0/s1. The Morgan fingerprint density at radius 2 is 2.22 bits per heavy atom. The van der Waals surface area contributed by atoms with E-state index in [1.165, 1.54) is 0 Å². The third kappa shape index (κ3) is 3.51. The molecule has 18 heavy (non-hydrogen) atoms. The number of hydrogen-bond acceptors (Lipinski definition) is 4. The predicted octanol–water partition coefficient (Wildman–Crippen LogP) is 0.417. The summed E-state index contributed by atoms with van der Waals surface area (Å²) in [5, 5.41) is 6.12. The summed E-state index contributed by atoms with van der Waals surface area (Å²) >= 11 is 0. The van der Waals surface area contributed by atoms with Crippen molar-refractivity contribution in [1.29, 1.82) is 0 Å². The fourth-order valence-electron chi connectivity index (χ4n) is 2.02. The first-order valence-corrected chi connectivity index (χ1v) is 6.21. The molecule has 0 aliphatic carbocycles. The molecule has 0 saturated carbocycles. The first kappa shape index (κ1) is 13.0. The fourth-order valence-corrected chi connectivity index (χ4v) is 2.02. The van der Waals surface area contributed by atoms with Crippen LogP contribution in [0.3, 0.4) is 0 Å². The van der Waals surface area contributed by atoms with E-state index < -0.39 is 0 Å². The van der Waals surface area contributed by atoms with Crippen LogP contribution in [0.4, 0.5) is 0 Å². The molecule has 1 aliphatic heterocycles. The third-order valence-corrected chi connectivity index (χ3v) is 2.84. The lowest BCUT2D eigenvalue weighted by molar-refractivity contribution is 0.0287. The predicted molar refractivity (Wildman–Crippen MR) is 68.7 cm³/mol. The van der Waals surface area contributed by atoms with Crippen LogP contribution in [-0.4, -0.2) is 43.2 Å². The lowest BCUT2D eigenvalue weighted by atomic mass is 10.2. The highest BCUT2D eigenvalue weighted by Gasteiger charge is 2.15. The molecule has 1 aromatic heterocycles. The van der Waals surface area contributed by atoms with Crippen LogP contribution in [0.1, 0.15) is 21.7 Å². The molecule has 2 N–H and O–H groups in total. The molecule has 1 aliphatic rings. The summed E-state index contributed by atoms with van der Waals surface area (Å²) in [7, 11) is 0. The number of carbonyl (C=O) groups excluding carboxylic acids is 1. The lowest BCUT2D eigenvalue weighted by Gasteiger charge is -2.23. The van der Waals surface area contributed by atoms with Gasteiger partial charge in [0.15, 0.2) is 0 Å². The minimum absolute atomic E-state index is 0.0618. The van der Waals surface area contributed by atoms with Crippen molar-refractivity contribution >= 4 is 5.91 Å². The van der Waals surface area contributed by atoms with Gasteiger partial charge in [0.05, 0.1) is 12.7 Å². The molecule has 0 bridgehead atoms. The Balaban J connectivity index is 1.90. The average molecular weight is 249 g/mol. The van der Waals surface area contributed by atoms with Crippen molar-refractivity contribution in [1.82, 2.24) is 15.6 Å². The van der Waals surface area contributed by atoms with Crippen molar-refractivity contribution < 1.29 is 9.53 Å². The zero-order valence-corrected chi connectivity index (χ0v) is 10.8. The van der Waals surface area contributed by atoms with Gasteiger partial charge in [0.2, 0.25) is 0 Å². The molecule has 0 spiro atoms. The normalized spacial score (nSPS) is 19.6. The molecule has 0 radical (unpaired) electrons. The van der Waals surface area contributed by atoms with Crippen molar-refractivity contribution in [3.8, 4) is 0 Å². The van der Waals surface area contributed by atoms with Gasteiger partial charge in [-0.1, -0.05) is 0 Å². The number of aryl methyl sites for hydroxylation is 2. The number of aromatic nitrogens is 1. The van der Waals surface area contributed by atoms with Crippen molar-refractivity contribution in [2.45, 2.75) is 20.0 Å². The Kier molecular flexibility index (Phi) is 4.28. The van der Waals surface area contributed by atoms with Crippen molar-refractivity contribution in [3.63, 3.8) is 0 Å². The van der Waals surface area contributed by atoms with Gasteiger partial charge in [-0.15, -0.1) is 0 Å². The number of ether oxygens (including phenoxy) is 1. The summed E-state index contributed by atoms with van der Waals surface area (Å²) in [5.41, 5.74) is 2.37. The molecule has 0 aromatic carbocycles. The second-order valence-electron chi connectivity index (χ2n) is 4.55. The third-order valence-electron chi connectivity index (χ3n) is 2.84. The maximum absolute atomic E-state index is 12.0. The highest BCUT2D eigenvalue weighted by atomic mass is 16.5. The van der Waals surface area contributed by atoms with E-state index in [4.69, 9.17) is 4.74 Å². The highest BCUT2D eigenvalue weighted by Crippen LogP contribution is 2.05. The summed E-state index contributed by atoms with van der Waals surface area (Å²) in [6, 6.07) is 3.59. The van der Waals surface area contributed by atoms with Crippen molar-refractivity contribution in [3.05, 3.63) is 29.1 Å². The minimum atomic E-state index is -0.0715. The number of nitrogens with zero attached hydrogens (tertiary/aromatic N) is 1. The van der Waals surface area contributed by atoms with Gasteiger partial charge < -0.3 is 15.4 Å². The average Bonchev–Trinajstić information content (AvgIpc) is 2.36. The van der Waals surface area contributed by atoms with Gasteiger partial charge in [-0.25, -0.2) is 0 Å². The van der Waals surface area contributed by atoms with E-state index in [9.17, 15) is 4.79 Å². The largest absolute Gasteiger partial charge is 0.374 e. The molecule has 1 fully saturated rings. The number of carbonyl (C=O) groups is 1. The number of hydrogen-bond donors (Lipinski definition) is 2. The van der Waals surface area contributed by atoms with Crippen LogP contribution in [0.5, 0.6) is 0 Å². The highest BCUT2D eigenvalue weighted by molar-refractivity contribution is 5.94. The Hall–Kier alpha value is -1.46. The van der Waals surface area contributed by atoms with Crippen LogP contribution < -0.4 is 10.6 Å². The van der Waals surface area contributed by atoms with Gasteiger partial charge in [0.25, 0.3) is 5.91 Å². The van der Waals surface area contributed by atoms with Crippen LogP contribution in [0.25, 0.3) is 0 Å². The number of morpholine rings is 1. The Labute approximate surface area is 107 Å².